The Kier molecular flexibility index (Phi) is 6.46. The van der Waals surface area contributed by atoms with Crippen LogP contribution in [0.1, 0.15) is 49.9 Å². The van der Waals surface area contributed by atoms with Gasteiger partial charge in [0.05, 0.1) is 5.69 Å². The van der Waals surface area contributed by atoms with E-state index in [0.717, 1.165) is 72.1 Å². The molecular formula is C54H39NO2. The summed E-state index contributed by atoms with van der Waals surface area (Å²) in [6, 6.07) is 59.6. The number of furan rings is 2. The molecule has 3 nitrogen and oxygen atoms in total. The van der Waals surface area contributed by atoms with Gasteiger partial charge in [-0.3, -0.25) is 0 Å². The number of anilines is 3. The van der Waals surface area contributed by atoms with Crippen molar-refractivity contribution in [3.05, 3.63) is 186 Å². The molecule has 0 saturated carbocycles. The van der Waals surface area contributed by atoms with Crippen LogP contribution in [0.3, 0.4) is 0 Å². The van der Waals surface area contributed by atoms with Gasteiger partial charge in [0.2, 0.25) is 0 Å². The molecule has 2 heterocycles. The van der Waals surface area contributed by atoms with Crippen LogP contribution in [0.4, 0.5) is 17.1 Å². The molecule has 0 spiro atoms. The summed E-state index contributed by atoms with van der Waals surface area (Å²) in [5.41, 5.74) is 19.1. The molecule has 0 saturated heterocycles. The fourth-order valence-corrected chi connectivity index (χ4v) is 10.3. The molecule has 0 radical (unpaired) electrons. The summed E-state index contributed by atoms with van der Waals surface area (Å²) in [6.45, 7) is 9.43. The molecule has 2 aliphatic rings. The van der Waals surface area contributed by atoms with Crippen molar-refractivity contribution < 1.29 is 8.83 Å². The third-order valence-electron chi connectivity index (χ3n) is 13.1. The molecule has 0 aliphatic heterocycles. The molecule has 0 bridgehead atoms. The normalized spacial score (nSPS) is 14.6. The Labute approximate surface area is 331 Å². The monoisotopic (exact) mass is 733 g/mol. The van der Waals surface area contributed by atoms with E-state index in [4.69, 9.17) is 8.83 Å². The smallest absolute Gasteiger partial charge is 0.160 e. The van der Waals surface area contributed by atoms with Gasteiger partial charge in [-0.1, -0.05) is 143 Å². The highest BCUT2D eigenvalue weighted by Gasteiger charge is 2.38. The van der Waals surface area contributed by atoms with Gasteiger partial charge in [-0.25, -0.2) is 0 Å². The predicted octanol–water partition coefficient (Wildman–Crippen LogP) is 15.2. The minimum Gasteiger partial charge on any atom is -0.456 e. The van der Waals surface area contributed by atoms with E-state index in [1.54, 1.807) is 0 Å². The molecule has 2 aliphatic carbocycles. The van der Waals surface area contributed by atoms with E-state index >= 15 is 0 Å². The van der Waals surface area contributed by atoms with Gasteiger partial charge in [-0.05, 0) is 98.6 Å². The van der Waals surface area contributed by atoms with E-state index in [1.165, 1.54) is 44.5 Å². The second kappa shape index (κ2) is 11.4. The number of hydrogen-bond acceptors (Lipinski definition) is 3. The van der Waals surface area contributed by atoms with Gasteiger partial charge in [-0.15, -0.1) is 0 Å². The summed E-state index contributed by atoms with van der Waals surface area (Å²) in [5, 5.41) is 4.31. The molecule has 0 unspecified atom stereocenters. The Balaban J connectivity index is 1.20. The molecule has 8 aromatic carbocycles. The van der Waals surface area contributed by atoms with E-state index in [-0.39, 0.29) is 10.8 Å². The summed E-state index contributed by atoms with van der Waals surface area (Å²) in [7, 11) is 0. The molecule has 272 valence electrons. The third kappa shape index (κ3) is 4.37. The van der Waals surface area contributed by atoms with Crippen LogP contribution < -0.4 is 4.90 Å². The number of hydrogen-bond donors (Lipinski definition) is 0. The Morgan fingerprint density at radius 1 is 0.386 bits per heavy atom. The van der Waals surface area contributed by atoms with Crippen molar-refractivity contribution in [2.45, 2.75) is 38.5 Å². The highest BCUT2D eigenvalue weighted by Crippen LogP contribution is 2.55. The summed E-state index contributed by atoms with van der Waals surface area (Å²) >= 11 is 0. The lowest BCUT2D eigenvalue weighted by Gasteiger charge is -2.31. The number of benzene rings is 8. The van der Waals surface area contributed by atoms with Crippen LogP contribution in [-0.2, 0) is 10.8 Å². The first-order valence-corrected chi connectivity index (χ1v) is 19.9. The minimum absolute atomic E-state index is 0.170. The zero-order chi connectivity index (χ0) is 38.2. The van der Waals surface area contributed by atoms with E-state index in [1.807, 2.05) is 12.1 Å². The summed E-state index contributed by atoms with van der Waals surface area (Å²) < 4.78 is 13.6. The molecule has 57 heavy (non-hydrogen) atoms. The van der Waals surface area contributed by atoms with Crippen LogP contribution in [0, 0.1) is 0 Å². The zero-order valence-corrected chi connectivity index (χ0v) is 32.4. The number of nitrogens with zero attached hydrogens (tertiary/aromatic N) is 1. The molecule has 0 amide bonds. The maximum Gasteiger partial charge on any atom is 0.160 e. The molecule has 0 fully saturated rings. The van der Waals surface area contributed by atoms with Crippen molar-refractivity contribution in [3.63, 3.8) is 0 Å². The maximum atomic E-state index is 7.18. The van der Waals surface area contributed by atoms with E-state index in [2.05, 4.69) is 184 Å². The van der Waals surface area contributed by atoms with Crippen LogP contribution in [-0.4, -0.2) is 0 Å². The number of fused-ring (bicyclic) bond motifs is 13. The highest BCUT2D eigenvalue weighted by molar-refractivity contribution is 6.27. The lowest BCUT2D eigenvalue weighted by molar-refractivity contribution is 0.659. The van der Waals surface area contributed by atoms with Gasteiger partial charge in [0.15, 0.2) is 5.58 Å². The van der Waals surface area contributed by atoms with Gasteiger partial charge in [0.1, 0.15) is 16.7 Å². The van der Waals surface area contributed by atoms with Crippen LogP contribution in [0.15, 0.2) is 173 Å². The van der Waals surface area contributed by atoms with Crippen LogP contribution >= 0.6 is 0 Å². The molecule has 10 aromatic rings. The Morgan fingerprint density at radius 2 is 0.895 bits per heavy atom. The van der Waals surface area contributed by atoms with E-state index in [0.29, 0.717) is 0 Å². The maximum absolute atomic E-state index is 7.18. The minimum atomic E-state index is -0.170. The Bertz CT molecular complexity index is 3200. The van der Waals surface area contributed by atoms with Crippen LogP contribution in [0.25, 0.3) is 77.3 Å². The summed E-state index contributed by atoms with van der Waals surface area (Å²) in [5.74, 6) is 0. The highest BCUT2D eigenvalue weighted by atomic mass is 16.3. The number of rotatable bonds is 4. The van der Waals surface area contributed by atoms with Crippen molar-refractivity contribution in [3.8, 4) is 33.4 Å². The average molecular weight is 734 g/mol. The molecule has 12 rings (SSSR count). The zero-order valence-electron chi connectivity index (χ0n) is 32.4. The van der Waals surface area contributed by atoms with Gasteiger partial charge in [0.25, 0.3) is 0 Å². The topological polar surface area (TPSA) is 29.5 Å². The van der Waals surface area contributed by atoms with Crippen molar-refractivity contribution in [2.24, 2.45) is 0 Å². The van der Waals surface area contributed by atoms with Gasteiger partial charge in [-0.2, -0.15) is 0 Å². The fourth-order valence-electron chi connectivity index (χ4n) is 10.3. The molecule has 0 atom stereocenters. The molecule has 2 aromatic heterocycles. The van der Waals surface area contributed by atoms with Gasteiger partial charge >= 0.3 is 0 Å². The fraction of sp³-hybridized carbons (Fsp3) is 0.111. The first kappa shape index (κ1) is 32.4. The van der Waals surface area contributed by atoms with E-state index in [9.17, 15) is 0 Å². The van der Waals surface area contributed by atoms with Gasteiger partial charge in [0, 0.05) is 49.3 Å². The first-order chi connectivity index (χ1) is 27.8. The average Bonchev–Trinajstić information content (AvgIpc) is 3.94. The lowest BCUT2D eigenvalue weighted by Crippen LogP contribution is -2.18. The predicted molar refractivity (Wildman–Crippen MR) is 236 cm³/mol. The second-order valence-corrected chi connectivity index (χ2v) is 16.9. The van der Waals surface area contributed by atoms with Crippen molar-refractivity contribution in [1.29, 1.82) is 0 Å². The van der Waals surface area contributed by atoms with Crippen LogP contribution in [0.5, 0.6) is 0 Å². The summed E-state index contributed by atoms with van der Waals surface area (Å²) in [6.07, 6.45) is 0. The van der Waals surface area contributed by atoms with Gasteiger partial charge < -0.3 is 13.7 Å². The van der Waals surface area contributed by atoms with Crippen molar-refractivity contribution >= 4 is 60.9 Å². The largest absolute Gasteiger partial charge is 0.456 e. The standard InChI is InChI=1S/C54H39NO2/c1-53(2)42-19-11-8-16-36(42)38-24-22-33(30-44(38)53)55(34-23-25-39-37-17-9-12-20-43(37)54(3,4)45(39)31-34)51-35(32-14-6-5-7-15-32)26-27-41-50-48(57-52(41)51)29-28-47-49(50)40-18-10-13-21-46(40)56-47/h5-31H,1-4H3. The quantitative estimate of drug-likeness (QED) is 0.180. The van der Waals surface area contributed by atoms with E-state index < -0.39 is 0 Å². The molecular weight excluding hydrogens is 695 g/mol. The Morgan fingerprint density at radius 3 is 1.54 bits per heavy atom. The molecule has 3 heteroatoms. The van der Waals surface area contributed by atoms with Crippen LogP contribution in [0.2, 0.25) is 0 Å². The lowest BCUT2D eigenvalue weighted by atomic mass is 9.82. The third-order valence-corrected chi connectivity index (χ3v) is 13.1. The SMILES string of the molecule is CC1(C)c2ccccc2-c2ccc(N(c3ccc4c(c3)C(C)(C)c3ccccc3-4)c3c(-c4ccccc4)ccc4c3oc3ccc5oc6ccccc6c5c34)cc21. The Hall–Kier alpha value is -6.84. The van der Waals surface area contributed by atoms with Crippen molar-refractivity contribution in [1.82, 2.24) is 0 Å². The molecule has 0 N–H and O–H groups in total. The van der Waals surface area contributed by atoms with Crippen molar-refractivity contribution in [2.75, 3.05) is 4.90 Å². The first-order valence-electron chi connectivity index (χ1n) is 19.9. The number of para-hydroxylation sites is 1. The summed E-state index contributed by atoms with van der Waals surface area (Å²) in [4.78, 5) is 2.47. The second-order valence-electron chi connectivity index (χ2n) is 16.9.